The Labute approximate surface area is 115 Å². The lowest BCUT2D eigenvalue weighted by atomic mass is 9.84. The first-order valence-electron chi connectivity index (χ1n) is 7.11. The third kappa shape index (κ3) is 2.61. The lowest BCUT2D eigenvalue weighted by Crippen LogP contribution is -2.72. The molecule has 1 aliphatic rings. The average Bonchev–Trinajstić information content (AvgIpc) is 2.40. The van der Waals surface area contributed by atoms with E-state index in [1.54, 1.807) is 12.0 Å². The lowest BCUT2D eigenvalue weighted by molar-refractivity contribution is -0.163. The van der Waals surface area contributed by atoms with Gasteiger partial charge >= 0.3 is 0 Å². The van der Waals surface area contributed by atoms with Crippen LogP contribution in [0, 0.1) is 0 Å². The van der Waals surface area contributed by atoms with Gasteiger partial charge in [-0.2, -0.15) is 0 Å². The molecule has 2 amide bonds. The molecule has 0 aromatic heterocycles. The van der Waals surface area contributed by atoms with Crippen LogP contribution in [0.5, 0.6) is 0 Å². The largest absolute Gasteiger partial charge is 0.383 e. The summed E-state index contributed by atoms with van der Waals surface area (Å²) in [4.78, 5) is 26.8. The Kier molecular flexibility index (Phi) is 5.35. The molecule has 110 valence electrons. The molecular formula is C14H26N2O3. The molecular weight excluding hydrogens is 244 g/mol. The number of carbonyl (C=O) groups is 2. The van der Waals surface area contributed by atoms with E-state index >= 15 is 0 Å². The van der Waals surface area contributed by atoms with Crippen LogP contribution < -0.4 is 5.32 Å². The standard InChI is InChI=1S/C14H26N2O3/c1-6-11-12(17)16(10(4)9-19-5)14(7-2,8-3)13(18)15-11/h10-11H,6-9H2,1-5H3,(H,15,18). The van der Waals surface area contributed by atoms with Gasteiger partial charge < -0.3 is 15.0 Å². The van der Waals surface area contributed by atoms with Crippen molar-refractivity contribution in [1.82, 2.24) is 10.2 Å². The molecule has 19 heavy (non-hydrogen) atoms. The van der Waals surface area contributed by atoms with Crippen molar-refractivity contribution in [2.75, 3.05) is 13.7 Å². The highest BCUT2D eigenvalue weighted by Crippen LogP contribution is 2.31. The topological polar surface area (TPSA) is 58.6 Å². The summed E-state index contributed by atoms with van der Waals surface area (Å²) < 4.78 is 5.17. The summed E-state index contributed by atoms with van der Waals surface area (Å²) in [6.45, 7) is 8.20. The molecule has 1 saturated heterocycles. The van der Waals surface area contributed by atoms with E-state index in [4.69, 9.17) is 4.74 Å². The van der Waals surface area contributed by atoms with Crippen LogP contribution in [0.1, 0.15) is 47.0 Å². The number of carbonyl (C=O) groups excluding carboxylic acids is 2. The third-order valence-electron chi connectivity index (χ3n) is 4.15. The molecule has 1 N–H and O–H groups in total. The molecule has 1 rings (SSSR count). The third-order valence-corrected chi connectivity index (χ3v) is 4.15. The molecule has 1 heterocycles. The molecule has 0 aromatic carbocycles. The van der Waals surface area contributed by atoms with Crippen LogP contribution in [-0.2, 0) is 14.3 Å². The number of nitrogens with one attached hydrogen (secondary N) is 1. The molecule has 1 aliphatic heterocycles. The SMILES string of the molecule is CCC1NC(=O)C(CC)(CC)N(C(C)COC)C1=O. The van der Waals surface area contributed by atoms with Crippen LogP contribution in [0.15, 0.2) is 0 Å². The fourth-order valence-electron chi connectivity index (χ4n) is 2.99. The zero-order valence-electron chi connectivity index (χ0n) is 12.7. The van der Waals surface area contributed by atoms with Crippen molar-refractivity contribution in [2.45, 2.75) is 64.6 Å². The summed E-state index contributed by atoms with van der Waals surface area (Å²) in [5.74, 6) is -0.0257. The summed E-state index contributed by atoms with van der Waals surface area (Å²) in [6.07, 6.45) is 1.85. The second kappa shape index (κ2) is 6.37. The van der Waals surface area contributed by atoms with Crippen LogP contribution in [0.4, 0.5) is 0 Å². The van der Waals surface area contributed by atoms with Gasteiger partial charge in [-0.1, -0.05) is 20.8 Å². The minimum absolute atomic E-state index is 0.00958. The number of hydrogen-bond donors (Lipinski definition) is 1. The molecule has 0 aromatic rings. The first-order chi connectivity index (χ1) is 8.98. The number of methoxy groups -OCH3 is 1. The fourth-order valence-corrected chi connectivity index (χ4v) is 2.99. The summed E-state index contributed by atoms with van der Waals surface area (Å²) in [5, 5.41) is 2.86. The Hall–Kier alpha value is -1.10. The quantitative estimate of drug-likeness (QED) is 0.792. The number of piperazine rings is 1. The number of amides is 2. The Morgan fingerprint density at radius 3 is 2.32 bits per heavy atom. The number of hydrogen-bond acceptors (Lipinski definition) is 3. The van der Waals surface area contributed by atoms with Crippen molar-refractivity contribution in [3.8, 4) is 0 Å². The van der Waals surface area contributed by atoms with Gasteiger partial charge in [-0.05, 0) is 26.2 Å². The van der Waals surface area contributed by atoms with Gasteiger partial charge in [0.1, 0.15) is 11.6 Å². The van der Waals surface area contributed by atoms with E-state index in [2.05, 4.69) is 5.32 Å². The Morgan fingerprint density at radius 2 is 1.89 bits per heavy atom. The number of rotatable bonds is 6. The molecule has 2 atom stereocenters. The summed E-state index contributed by atoms with van der Waals surface area (Å²) in [5.41, 5.74) is -0.735. The van der Waals surface area contributed by atoms with E-state index in [1.165, 1.54) is 0 Å². The molecule has 0 bridgehead atoms. The van der Waals surface area contributed by atoms with Crippen molar-refractivity contribution >= 4 is 11.8 Å². The van der Waals surface area contributed by atoms with E-state index in [-0.39, 0.29) is 17.9 Å². The van der Waals surface area contributed by atoms with Crippen LogP contribution in [0.25, 0.3) is 0 Å². The maximum absolute atomic E-state index is 12.6. The second-order valence-electron chi connectivity index (χ2n) is 5.19. The van der Waals surface area contributed by atoms with Gasteiger partial charge in [0.25, 0.3) is 0 Å². The molecule has 0 aliphatic carbocycles. The smallest absolute Gasteiger partial charge is 0.246 e. The van der Waals surface area contributed by atoms with Gasteiger partial charge in [0.05, 0.1) is 12.6 Å². The fraction of sp³-hybridized carbons (Fsp3) is 0.857. The van der Waals surface area contributed by atoms with Gasteiger partial charge in [0.15, 0.2) is 0 Å². The maximum Gasteiger partial charge on any atom is 0.246 e. The van der Waals surface area contributed by atoms with Crippen LogP contribution in [0.2, 0.25) is 0 Å². The maximum atomic E-state index is 12.6. The van der Waals surface area contributed by atoms with E-state index < -0.39 is 11.6 Å². The monoisotopic (exact) mass is 270 g/mol. The zero-order chi connectivity index (χ0) is 14.6. The Morgan fingerprint density at radius 1 is 1.32 bits per heavy atom. The minimum atomic E-state index is -0.735. The number of nitrogens with zero attached hydrogens (tertiary/aromatic N) is 1. The summed E-state index contributed by atoms with van der Waals surface area (Å²) in [7, 11) is 1.61. The molecule has 2 unspecified atom stereocenters. The van der Waals surface area contributed by atoms with E-state index in [9.17, 15) is 9.59 Å². The molecule has 0 saturated carbocycles. The van der Waals surface area contributed by atoms with Crippen LogP contribution >= 0.6 is 0 Å². The number of ether oxygens (including phenoxy) is 1. The van der Waals surface area contributed by atoms with Gasteiger partial charge in [0.2, 0.25) is 11.8 Å². The molecule has 1 fully saturated rings. The summed E-state index contributed by atoms with van der Waals surface area (Å²) >= 11 is 0. The van der Waals surface area contributed by atoms with Crippen molar-refractivity contribution in [2.24, 2.45) is 0 Å². The average molecular weight is 270 g/mol. The molecule has 5 nitrogen and oxygen atoms in total. The summed E-state index contributed by atoms with van der Waals surface area (Å²) in [6, 6.07) is -0.504. The van der Waals surface area contributed by atoms with Gasteiger partial charge in [-0.3, -0.25) is 9.59 Å². The van der Waals surface area contributed by atoms with Gasteiger partial charge in [-0.25, -0.2) is 0 Å². The van der Waals surface area contributed by atoms with Crippen LogP contribution in [-0.4, -0.2) is 48.1 Å². The molecule has 0 radical (unpaired) electrons. The van der Waals surface area contributed by atoms with E-state index in [0.29, 0.717) is 25.9 Å². The van der Waals surface area contributed by atoms with Crippen molar-refractivity contribution in [3.05, 3.63) is 0 Å². The second-order valence-corrected chi connectivity index (χ2v) is 5.19. The van der Waals surface area contributed by atoms with E-state index in [0.717, 1.165) is 0 Å². The highest BCUT2D eigenvalue weighted by molar-refractivity contribution is 5.99. The first-order valence-corrected chi connectivity index (χ1v) is 7.11. The predicted molar refractivity (Wildman–Crippen MR) is 73.7 cm³/mol. The molecule has 5 heteroatoms. The van der Waals surface area contributed by atoms with E-state index in [1.807, 2.05) is 27.7 Å². The minimum Gasteiger partial charge on any atom is -0.383 e. The van der Waals surface area contributed by atoms with Gasteiger partial charge in [-0.15, -0.1) is 0 Å². The van der Waals surface area contributed by atoms with Crippen molar-refractivity contribution < 1.29 is 14.3 Å². The van der Waals surface area contributed by atoms with Gasteiger partial charge in [0, 0.05) is 7.11 Å². The van der Waals surface area contributed by atoms with Crippen molar-refractivity contribution in [1.29, 1.82) is 0 Å². The highest BCUT2D eigenvalue weighted by Gasteiger charge is 2.51. The predicted octanol–water partition coefficient (Wildman–Crippen LogP) is 1.32. The lowest BCUT2D eigenvalue weighted by Gasteiger charge is -2.50. The van der Waals surface area contributed by atoms with Crippen LogP contribution in [0.3, 0.4) is 0 Å². The Balaban J connectivity index is 3.18. The molecule has 0 spiro atoms. The highest BCUT2D eigenvalue weighted by atomic mass is 16.5. The zero-order valence-corrected chi connectivity index (χ0v) is 12.7. The Bertz CT molecular complexity index is 340. The first kappa shape index (κ1) is 16.0. The van der Waals surface area contributed by atoms with Crippen molar-refractivity contribution in [3.63, 3.8) is 0 Å². The normalized spacial score (nSPS) is 24.3.